The van der Waals surface area contributed by atoms with E-state index < -0.39 is 0 Å². The average molecular weight is 271 g/mol. The third kappa shape index (κ3) is 7.94. The topological polar surface area (TPSA) is 15.3 Å². The molecule has 2 heteroatoms. The molecule has 0 unspecified atom stereocenters. The maximum atomic E-state index is 3.58. The molecule has 0 aliphatic rings. The number of nitrogens with one attached hydrogen (secondary N) is 1. The molecule has 0 rings (SSSR count). The lowest BCUT2D eigenvalue weighted by molar-refractivity contribution is 0.114. The number of hydrogen-bond acceptors (Lipinski definition) is 2. The van der Waals surface area contributed by atoms with Crippen LogP contribution < -0.4 is 5.32 Å². The van der Waals surface area contributed by atoms with Crippen LogP contribution in [-0.2, 0) is 0 Å². The van der Waals surface area contributed by atoms with Crippen molar-refractivity contribution in [3.63, 3.8) is 0 Å². The molecule has 0 bridgehead atoms. The van der Waals surface area contributed by atoms with Gasteiger partial charge in [-0.3, -0.25) is 0 Å². The van der Waals surface area contributed by atoms with Crippen LogP contribution in [-0.4, -0.2) is 37.6 Å². The highest BCUT2D eigenvalue weighted by atomic mass is 15.1. The third-order valence-corrected chi connectivity index (χ3v) is 4.06. The van der Waals surface area contributed by atoms with Crippen LogP contribution in [0.2, 0.25) is 0 Å². The summed E-state index contributed by atoms with van der Waals surface area (Å²) in [6.07, 6.45) is 2.53. The van der Waals surface area contributed by atoms with Crippen LogP contribution >= 0.6 is 0 Å². The van der Waals surface area contributed by atoms with E-state index in [0.717, 1.165) is 24.9 Å². The molecule has 19 heavy (non-hydrogen) atoms. The van der Waals surface area contributed by atoms with Gasteiger partial charge in [0.1, 0.15) is 0 Å². The molecule has 0 radical (unpaired) electrons. The number of nitrogens with zero attached hydrogens (tertiary/aromatic N) is 1. The van der Waals surface area contributed by atoms with Gasteiger partial charge in [0.15, 0.2) is 0 Å². The van der Waals surface area contributed by atoms with Gasteiger partial charge < -0.3 is 10.2 Å². The summed E-state index contributed by atoms with van der Waals surface area (Å²) < 4.78 is 0. The van der Waals surface area contributed by atoms with E-state index >= 15 is 0 Å². The summed E-state index contributed by atoms with van der Waals surface area (Å²) in [5.41, 5.74) is 0.444. The Morgan fingerprint density at radius 1 is 0.895 bits per heavy atom. The summed E-state index contributed by atoms with van der Waals surface area (Å²) in [5.74, 6) is 1.51. The summed E-state index contributed by atoms with van der Waals surface area (Å²) in [6.45, 7) is 22.2. The zero-order valence-electron chi connectivity index (χ0n) is 14.6. The van der Waals surface area contributed by atoms with E-state index in [9.17, 15) is 0 Å². The highest BCUT2D eigenvalue weighted by molar-refractivity contribution is 4.83. The van der Waals surface area contributed by atoms with Crippen LogP contribution in [0.4, 0.5) is 0 Å². The lowest BCUT2D eigenvalue weighted by Crippen LogP contribution is -2.45. The Bertz CT molecular complexity index is 197. The van der Waals surface area contributed by atoms with Gasteiger partial charge in [0.25, 0.3) is 0 Å². The molecular formula is C17H38N2. The SMILES string of the molecule is CCNCC(CC)(CC)CN(CC(C)C)CC(C)C. The van der Waals surface area contributed by atoms with Gasteiger partial charge in [-0.1, -0.05) is 48.5 Å². The Labute approximate surface area is 122 Å². The van der Waals surface area contributed by atoms with Crippen molar-refractivity contribution in [2.75, 3.05) is 32.7 Å². The van der Waals surface area contributed by atoms with Gasteiger partial charge in [0.05, 0.1) is 0 Å². The van der Waals surface area contributed by atoms with Crippen LogP contribution in [0.5, 0.6) is 0 Å². The molecule has 0 saturated carbocycles. The van der Waals surface area contributed by atoms with E-state index in [1.54, 1.807) is 0 Å². The number of hydrogen-bond donors (Lipinski definition) is 1. The second-order valence-electron chi connectivity index (χ2n) is 6.97. The molecule has 0 aromatic carbocycles. The Balaban J connectivity index is 4.70. The summed E-state index contributed by atoms with van der Waals surface area (Å²) in [7, 11) is 0. The fourth-order valence-electron chi connectivity index (χ4n) is 2.88. The van der Waals surface area contributed by atoms with Crippen molar-refractivity contribution in [1.82, 2.24) is 10.2 Å². The molecule has 116 valence electrons. The molecule has 0 saturated heterocycles. The monoisotopic (exact) mass is 270 g/mol. The molecule has 2 nitrogen and oxygen atoms in total. The second kappa shape index (κ2) is 9.77. The standard InChI is InChI=1S/C17H38N2/c1-8-17(9-2,13-18-10-3)14-19(11-15(4)5)12-16(6)7/h15-16,18H,8-14H2,1-7H3. The van der Waals surface area contributed by atoms with Crippen LogP contribution in [0, 0.1) is 17.3 Å². The van der Waals surface area contributed by atoms with Crippen LogP contribution in [0.15, 0.2) is 0 Å². The molecule has 0 aromatic heterocycles. The van der Waals surface area contributed by atoms with Gasteiger partial charge in [0.2, 0.25) is 0 Å². The predicted octanol–water partition coefficient (Wildman–Crippen LogP) is 4.02. The minimum Gasteiger partial charge on any atom is -0.316 e. The molecule has 0 aromatic rings. The number of rotatable bonds is 11. The van der Waals surface area contributed by atoms with Crippen molar-refractivity contribution in [3.05, 3.63) is 0 Å². The normalized spacial score (nSPS) is 12.9. The first-order valence-corrected chi connectivity index (χ1v) is 8.32. The minimum absolute atomic E-state index is 0.444. The van der Waals surface area contributed by atoms with Gasteiger partial charge in [0, 0.05) is 26.2 Å². The molecule has 0 spiro atoms. The molecule has 1 N–H and O–H groups in total. The third-order valence-electron chi connectivity index (χ3n) is 4.06. The molecule has 0 heterocycles. The smallest absolute Gasteiger partial charge is 0.00502 e. The molecule has 0 aliphatic carbocycles. The summed E-state index contributed by atoms with van der Waals surface area (Å²) in [4.78, 5) is 2.69. The first-order chi connectivity index (χ1) is 8.89. The Morgan fingerprint density at radius 2 is 1.37 bits per heavy atom. The van der Waals surface area contributed by atoms with E-state index in [1.807, 2.05) is 0 Å². The Hall–Kier alpha value is -0.0800. The van der Waals surface area contributed by atoms with Gasteiger partial charge in [-0.15, -0.1) is 0 Å². The van der Waals surface area contributed by atoms with E-state index in [2.05, 4.69) is 58.7 Å². The zero-order valence-corrected chi connectivity index (χ0v) is 14.6. The molecule has 0 fully saturated rings. The predicted molar refractivity (Wildman–Crippen MR) is 87.7 cm³/mol. The lowest BCUT2D eigenvalue weighted by Gasteiger charge is -2.39. The van der Waals surface area contributed by atoms with Crippen LogP contribution in [0.3, 0.4) is 0 Å². The maximum absolute atomic E-state index is 3.58. The van der Waals surface area contributed by atoms with Crippen molar-refractivity contribution in [2.45, 2.75) is 61.3 Å². The van der Waals surface area contributed by atoms with Crippen molar-refractivity contribution < 1.29 is 0 Å². The van der Waals surface area contributed by atoms with Gasteiger partial charge in [-0.2, -0.15) is 0 Å². The van der Waals surface area contributed by atoms with Crippen molar-refractivity contribution in [3.8, 4) is 0 Å². The van der Waals surface area contributed by atoms with Gasteiger partial charge >= 0.3 is 0 Å². The van der Waals surface area contributed by atoms with Gasteiger partial charge in [-0.25, -0.2) is 0 Å². The largest absolute Gasteiger partial charge is 0.316 e. The molecule has 0 amide bonds. The Kier molecular flexibility index (Phi) is 9.72. The fraction of sp³-hybridized carbons (Fsp3) is 1.00. The van der Waals surface area contributed by atoms with E-state index in [0.29, 0.717) is 5.41 Å². The first-order valence-electron chi connectivity index (χ1n) is 8.32. The Morgan fingerprint density at radius 3 is 1.68 bits per heavy atom. The highest BCUT2D eigenvalue weighted by Gasteiger charge is 2.28. The molecular weight excluding hydrogens is 232 g/mol. The average Bonchev–Trinajstić information content (AvgIpc) is 2.33. The summed E-state index contributed by atoms with van der Waals surface area (Å²) in [5, 5.41) is 3.58. The minimum atomic E-state index is 0.444. The first kappa shape index (κ1) is 18.9. The summed E-state index contributed by atoms with van der Waals surface area (Å²) >= 11 is 0. The molecule has 0 aliphatic heterocycles. The fourth-order valence-corrected chi connectivity index (χ4v) is 2.88. The molecule has 0 atom stereocenters. The quantitative estimate of drug-likeness (QED) is 0.610. The lowest BCUT2D eigenvalue weighted by atomic mass is 9.81. The van der Waals surface area contributed by atoms with E-state index in [1.165, 1.54) is 32.5 Å². The van der Waals surface area contributed by atoms with Crippen molar-refractivity contribution in [2.24, 2.45) is 17.3 Å². The van der Waals surface area contributed by atoms with Gasteiger partial charge in [-0.05, 0) is 36.6 Å². The second-order valence-corrected chi connectivity index (χ2v) is 6.97. The van der Waals surface area contributed by atoms with Crippen molar-refractivity contribution in [1.29, 1.82) is 0 Å². The summed E-state index contributed by atoms with van der Waals surface area (Å²) in [6, 6.07) is 0. The van der Waals surface area contributed by atoms with E-state index in [4.69, 9.17) is 0 Å². The van der Waals surface area contributed by atoms with Crippen LogP contribution in [0.25, 0.3) is 0 Å². The zero-order chi connectivity index (χ0) is 14.9. The van der Waals surface area contributed by atoms with Crippen LogP contribution in [0.1, 0.15) is 61.3 Å². The maximum Gasteiger partial charge on any atom is 0.00502 e. The highest BCUT2D eigenvalue weighted by Crippen LogP contribution is 2.27. The van der Waals surface area contributed by atoms with E-state index in [-0.39, 0.29) is 0 Å². The van der Waals surface area contributed by atoms with Crippen molar-refractivity contribution >= 4 is 0 Å².